The van der Waals surface area contributed by atoms with E-state index in [1.807, 2.05) is 18.2 Å². The summed E-state index contributed by atoms with van der Waals surface area (Å²) < 4.78 is 10.0. The van der Waals surface area contributed by atoms with E-state index in [0.29, 0.717) is 5.13 Å². The summed E-state index contributed by atoms with van der Waals surface area (Å²) in [5.41, 5.74) is 1.33. The minimum atomic E-state index is -0.403. The number of amides is 1. The molecule has 0 spiro atoms. The Hall–Kier alpha value is -3.00. The number of hydrogen-bond acceptors (Lipinski definition) is 7. The zero-order valence-electron chi connectivity index (χ0n) is 13.7. The van der Waals surface area contributed by atoms with Crippen molar-refractivity contribution in [1.29, 1.82) is 0 Å². The Kier molecular flexibility index (Phi) is 5.20. The van der Waals surface area contributed by atoms with E-state index in [1.54, 1.807) is 6.20 Å². The number of aromatic nitrogens is 3. The van der Waals surface area contributed by atoms with Gasteiger partial charge in [-0.15, -0.1) is 11.3 Å². The lowest BCUT2D eigenvalue weighted by atomic mass is 10.1. The van der Waals surface area contributed by atoms with Crippen LogP contribution in [0.1, 0.15) is 20.9 Å². The second-order valence-corrected chi connectivity index (χ2v) is 6.15. The number of ether oxygens (including phenoxy) is 2. The van der Waals surface area contributed by atoms with Gasteiger partial charge in [-0.3, -0.25) is 10.1 Å². The number of nitrogens with one attached hydrogen (secondary N) is 1. The highest BCUT2D eigenvalue weighted by molar-refractivity contribution is 7.15. The van der Waals surface area contributed by atoms with Crippen molar-refractivity contribution in [3.8, 4) is 11.9 Å². The van der Waals surface area contributed by atoms with Crippen molar-refractivity contribution >= 4 is 22.4 Å². The van der Waals surface area contributed by atoms with E-state index in [0.717, 1.165) is 11.3 Å². The maximum Gasteiger partial charge on any atom is 0.320 e. The summed E-state index contributed by atoms with van der Waals surface area (Å²) in [6.07, 6.45) is 2.53. The first kappa shape index (κ1) is 16.8. The molecule has 1 aromatic carbocycles. The topological polar surface area (TPSA) is 86.2 Å². The fraction of sp³-hybridized carbons (Fsp3) is 0.176. The molecule has 0 aliphatic carbocycles. The third-order valence-electron chi connectivity index (χ3n) is 3.30. The summed E-state index contributed by atoms with van der Waals surface area (Å²) in [6.45, 7) is 0. The van der Waals surface area contributed by atoms with E-state index >= 15 is 0 Å². The van der Waals surface area contributed by atoms with Crippen LogP contribution in [0.2, 0.25) is 0 Å². The third-order valence-corrected chi connectivity index (χ3v) is 4.21. The van der Waals surface area contributed by atoms with E-state index < -0.39 is 5.91 Å². The molecule has 0 aliphatic heterocycles. The SMILES string of the molecule is COc1cc(C(=O)Nc2ncc(Cc3ccccc3)s2)nc(OC)n1. The van der Waals surface area contributed by atoms with Crippen LogP contribution in [0.4, 0.5) is 5.13 Å². The molecule has 0 unspecified atom stereocenters. The minimum Gasteiger partial charge on any atom is -0.481 e. The molecule has 0 saturated heterocycles. The van der Waals surface area contributed by atoms with Gasteiger partial charge in [0.25, 0.3) is 5.91 Å². The number of benzene rings is 1. The highest BCUT2D eigenvalue weighted by atomic mass is 32.1. The summed E-state index contributed by atoms with van der Waals surface area (Å²) in [5, 5.41) is 3.24. The first-order valence-corrected chi connectivity index (χ1v) is 8.26. The summed E-state index contributed by atoms with van der Waals surface area (Å²) >= 11 is 1.42. The maximum atomic E-state index is 12.4. The molecule has 0 saturated carbocycles. The monoisotopic (exact) mass is 356 g/mol. The van der Waals surface area contributed by atoms with Crippen molar-refractivity contribution in [1.82, 2.24) is 15.0 Å². The van der Waals surface area contributed by atoms with Gasteiger partial charge < -0.3 is 9.47 Å². The van der Waals surface area contributed by atoms with E-state index in [1.165, 1.54) is 37.2 Å². The third kappa shape index (κ3) is 4.30. The van der Waals surface area contributed by atoms with Gasteiger partial charge in [0.15, 0.2) is 5.13 Å². The van der Waals surface area contributed by atoms with Crippen LogP contribution in [0.25, 0.3) is 0 Å². The van der Waals surface area contributed by atoms with E-state index in [4.69, 9.17) is 9.47 Å². The number of hydrogen-bond donors (Lipinski definition) is 1. The molecule has 0 atom stereocenters. The number of nitrogens with zero attached hydrogens (tertiary/aromatic N) is 3. The van der Waals surface area contributed by atoms with E-state index in [2.05, 4.69) is 32.4 Å². The Morgan fingerprint density at radius 2 is 1.96 bits per heavy atom. The maximum absolute atomic E-state index is 12.4. The minimum absolute atomic E-state index is 0.0633. The van der Waals surface area contributed by atoms with Gasteiger partial charge in [-0.25, -0.2) is 4.98 Å². The number of anilines is 1. The predicted octanol–water partition coefficient (Wildman–Crippen LogP) is 2.79. The van der Waals surface area contributed by atoms with Crippen molar-refractivity contribution in [3.05, 3.63) is 58.7 Å². The highest BCUT2D eigenvalue weighted by Gasteiger charge is 2.14. The molecular weight excluding hydrogens is 340 g/mol. The average Bonchev–Trinajstić information content (AvgIpc) is 3.08. The van der Waals surface area contributed by atoms with Gasteiger partial charge in [0.1, 0.15) is 5.69 Å². The smallest absolute Gasteiger partial charge is 0.320 e. The van der Waals surface area contributed by atoms with Crippen LogP contribution in [0.15, 0.2) is 42.6 Å². The van der Waals surface area contributed by atoms with Gasteiger partial charge in [0, 0.05) is 23.6 Å². The van der Waals surface area contributed by atoms with Crippen LogP contribution in [0.5, 0.6) is 11.9 Å². The Morgan fingerprint density at radius 3 is 2.68 bits per heavy atom. The molecule has 1 N–H and O–H groups in total. The van der Waals surface area contributed by atoms with Gasteiger partial charge in [-0.1, -0.05) is 30.3 Å². The molecule has 7 nitrogen and oxygen atoms in total. The Labute approximate surface area is 148 Å². The van der Waals surface area contributed by atoms with Crippen molar-refractivity contribution in [2.45, 2.75) is 6.42 Å². The zero-order chi connectivity index (χ0) is 17.6. The Morgan fingerprint density at radius 1 is 1.16 bits per heavy atom. The lowest BCUT2D eigenvalue weighted by Gasteiger charge is -2.05. The molecule has 3 aromatic rings. The first-order chi connectivity index (χ1) is 12.2. The lowest BCUT2D eigenvalue weighted by molar-refractivity contribution is 0.102. The van der Waals surface area contributed by atoms with Gasteiger partial charge in [-0.05, 0) is 5.56 Å². The molecule has 3 rings (SSSR count). The van der Waals surface area contributed by atoms with Gasteiger partial charge in [0.2, 0.25) is 5.88 Å². The molecule has 1 amide bonds. The van der Waals surface area contributed by atoms with E-state index in [-0.39, 0.29) is 17.6 Å². The van der Waals surface area contributed by atoms with Crippen LogP contribution in [0, 0.1) is 0 Å². The van der Waals surface area contributed by atoms with E-state index in [9.17, 15) is 4.79 Å². The molecule has 0 radical (unpaired) electrons. The zero-order valence-corrected chi connectivity index (χ0v) is 14.5. The summed E-state index contributed by atoms with van der Waals surface area (Å²) in [6, 6.07) is 11.6. The number of rotatable bonds is 6. The van der Waals surface area contributed by atoms with Gasteiger partial charge >= 0.3 is 6.01 Å². The molecule has 0 fully saturated rings. The summed E-state index contributed by atoms with van der Waals surface area (Å²) in [5.74, 6) is -0.152. The molecule has 0 aliphatic rings. The molecule has 8 heteroatoms. The Bertz CT molecular complexity index is 845. The second-order valence-electron chi connectivity index (χ2n) is 5.03. The van der Waals surface area contributed by atoms with Crippen LogP contribution < -0.4 is 14.8 Å². The molecular formula is C17H16N4O3S. The number of methoxy groups -OCH3 is 2. The number of carbonyl (C=O) groups excluding carboxylic acids is 1. The fourth-order valence-electron chi connectivity index (χ4n) is 2.12. The van der Waals surface area contributed by atoms with Crippen LogP contribution in [-0.4, -0.2) is 35.1 Å². The molecule has 2 aromatic heterocycles. The predicted molar refractivity (Wildman–Crippen MR) is 94.5 cm³/mol. The first-order valence-electron chi connectivity index (χ1n) is 7.45. The van der Waals surface area contributed by atoms with Crippen molar-refractivity contribution < 1.29 is 14.3 Å². The summed E-state index contributed by atoms with van der Waals surface area (Å²) in [4.78, 5) is 25.7. The molecule has 25 heavy (non-hydrogen) atoms. The van der Waals surface area contributed by atoms with Gasteiger partial charge in [-0.2, -0.15) is 9.97 Å². The van der Waals surface area contributed by atoms with Crippen molar-refractivity contribution in [3.63, 3.8) is 0 Å². The largest absolute Gasteiger partial charge is 0.481 e. The van der Waals surface area contributed by atoms with Crippen molar-refractivity contribution in [2.24, 2.45) is 0 Å². The molecule has 0 bridgehead atoms. The number of carbonyl (C=O) groups is 1. The Balaban J connectivity index is 1.71. The fourth-order valence-corrected chi connectivity index (χ4v) is 2.96. The lowest BCUT2D eigenvalue weighted by Crippen LogP contribution is -2.14. The average molecular weight is 356 g/mol. The normalized spacial score (nSPS) is 10.3. The standard InChI is InChI=1S/C17H16N4O3S/c1-23-14-9-13(19-16(20-14)24-2)15(22)21-17-18-10-12(25-17)8-11-6-4-3-5-7-11/h3-7,9-10H,8H2,1-2H3,(H,18,21,22). The van der Waals surface area contributed by atoms with Gasteiger partial charge in [0.05, 0.1) is 14.2 Å². The quantitative estimate of drug-likeness (QED) is 0.731. The second kappa shape index (κ2) is 7.71. The van der Waals surface area contributed by atoms with Crippen LogP contribution in [-0.2, 0) is 6.42 Å². The number of thiazole rings is 1. The van der Waals surface area contributed by atoms with Crippen LogP contribution >= 0.6 is 11.3 Å². The van der Waals surface area contributed by atoms with Crippen LogP contribution in [0.3, 0.4) is 0 Å². The molecule has 2 heterocycles. The van der Waals surface area contributed by atoms with Crippen molar-refractivity contribution in [2.75, 3.05) is 19.5 Å². The molecule has 128 valence electrons. The summed E-state index contributed by atoms with van der Waals surface area (Å²) in [7, 11) is 2.88. The highest BCUT2D eigenvalue weighted by Crippen LogP contribution is 2.22.